The van der Waals surface area contributed by atoms with E-state index in [4.69, 9.17) is 0 Å². The van der Waals surface area contributed by atoms with Crippen molar-refractivity contribution < 1.29 is 0 Å². The molecule has 0 amide bonds. The Labute approximate surface area is 110 Å². The maximum absolute atomic E-state index is 3.90. The van der Waals surface area contributed by atoms with Gasteiger partial charge in [0.15, 0.2) is 0 Å². The van der Waals surface area contributed by atoms with Crippen LogP contribution in [0, 0.1) is 6.92 Å². The zero-order chi connectivity index (χ0) is 12.6. The molecule has 0 N–H and O–H groups in total. The highest BCUT2D eigenvalue weighted by atomic mass is 14.1. The zero-order valence-electron chi connectivity index (χ0n) is 10.7. The van der Waals surface area contributed by atoms with E-state index in [0.717, 1.165) is 19.3 Å². The normalized spacial score (nSPS) is 10.1. The summed E-state index contributed by atoms with van der Waals surface area (Å²) in [4.78, 5) is 0. The summed E-state index contributed by atoms with van der Waals surface area (Å²) in [5.41, 5.74) is 3.89. The molecule has 0 unspecified atom stereocenters. The summed E-state index contributed by atoms with van der Waals surface area (Å²) in [5.74, 6) is 0. The van der Waals surface area contributed by atoms with Crippen LogP contribution in [0.5, 0.6) is 0 Å². The van der Waals surface area contributed by atoms with E-state index in [-0.39, 0.29) is 0 Å². The smallest absolute Gasteiger partial charge is 0.0151 e. The predicted molar refractivity (Wildman–Crippen MR) is 79.2 cm³/mol. The second-order valence-corrected chi connectivity index (χ2v) is 4.35. The Kier molecular flexibility index (Phi) is 4.78. The van der Waals surface area contributed by atoms with Gasteiger partial charge in [-0.25, -0.2) is 0 Å². The molecule has 91 valence electrons. The molecule has 0 fully saturated rings. The molecule has 0 atom stereocenters. The van der Waals surface area contributed by atoms with Crippen LogP contribution in [0.15, 0.2) is 66.7 Å². The van der Waals surface area contributed by atoms with Gasteiger partial charge in [0.2, 0.25) is 0 Å². The number of benzene rings is 2. The molecule has 0 bridgehead atoms. The van der Waals surface area contributed by atoms with Gasteiger partial charge in [0.05, 0.1) is 0 Å². The van der Waals surface area contributed by atoms with Crippen LogP contribution < -0.4 is 0 Å². The molecule has 0 saturated carbocycles. The van der Waals surface area contributed by atoms with Crippen molar-refractivity contribution in [3.05, 3.63) is 84.8 Å². The van der Waals surface area contributed by atoms with Gasteiger partial charge in [0.1, 0.15) is 0 Å². The standard InChI is InChI=1S/C18H19/c1-2-3-6-15-18(16-11-7-4-8-12-16)17-13-9-5-10-14-17/h4-5,7-15H,1-3,6H2. The maximum atomic E-state index is 3.90. The fraction of sp³-hybridized carbons (Fsp3) is 0.167. The van der Waals surface area contributed by atoms with Crippen molar-refractivity contribution in [1.82, 2.24) is 0 Å². The van der Waals surface area contributed by atoms with Gasteiger partial charge in [-0.3, -0.25) is 0 Å². The fourth-order valence-electron chi connectivity index (χ4n) is 2.03. The van der Waals surface area contributed by atoms with Crippen LogP contribution in [0.4, 0.5) is 0 Å². The molecule has 0 heterocycles. The third-order valence-electron chi connectivity index (χ3n) is 2.97. The van der Waals surface area contributed by atoms with Crippen molar-refractivity contribution in [2.75, 3.05) is 0 Å². The molecule has 0 nitrogen and oxygen atoms in total. The molecular weight excluding hydrogens is 216 g/mol. The van der Waals surface area contributed by atoms with Crippen LogP contribution >= 0.6 is 0 Å². The monoisotopic (exact) mass is 235 g/mol. The highest BCUT2D eigenvalue weighted by Crippen LogP contribution is 2.24. The van der Waals surface area contributed by atoms with Crippen molar-refractivity contribution in [3.8, 4) is 0 Å². The number of hydrogen-bond acceptors (Lipinski definition) is 0. The van der Waals surface area contributed by atoms with Gasteiger partial charge in [-0.05, 0) is 29.5 Å². The number of hydrogen-bond donors (Lipinski definition) is 0. The number of allylic oxidation sites excluding steroid dienone is 1. The van der Waals surface area contributed by atoms with Crippen LogP contribution in [0.1, 0.15) is 30.4 Å². The Balaban J connectivity index is 2.33. The lowest BCUT2D eigenvalue weighted by atomic mass is 9.96. The molecule has 2 rings (SSSR count). The van der Waals surface area contributed by atoms with Gasteiger partial charge in [-0.1, -0.05) is 80.1 Å². The Bertz CT molecular complexity index is 438. The van der Waals surface area contributed by atoms with E-state index in [1.165, 1.54) is 16.7 Å². The lowest BCUT2D eigenvalue weighted by molar-refractivity contribution is 0.867. The van der Waals surface area contributed by atoms with E-state index in [1.807, 2.05) is 0 Å². The van der Waals surface area contributed by atoms with Crippen molar-refractivity contribution >= 4 is 5.57 Å². The number of rotatable bonds is 5. The summed E-state index contributed by atoms with van der Waals surface area (Å²) in [6.45, 7) is 3.90. The van der Waals surface area contributed by atoms with Crippen LogP contribution in [0.2, 0.25) is 0 Å². The Hall–Kier alpha value is -1.82. The van der Waals surface area contributed by atoms with Crippen LogP contribution in [0.25, 0.3) is 5.57 Å². The van der Waals surface area contributed by atoms with Crippen LogP contribution in [0.3, 0.4) is 0 Å². The summed E-state index contributed by atoms with van der Waals surface area (Å²) in [5, 5.41) is 0. The average molecular weight is 235 g/mol. The van der Waals surface area contributed by atoms with Crippen molar-refractivity contribution in [2.24, 2.45) is 0 Å². The van der Waals surface area contributed by atoms with E-state index in [9.17, 15) is 0 Å². The average Bonchev–Trinajstić information content (AvgIpc) is 2.46. The molecule has 0 heteroatoms. The molecule has 2 aromatic rings. The molecule has 0 spiro atoms. The summed E-state index contributed by atoms with van der Waals surface area (Å²) in [6.07, 6.45) is 5.55. The van der Waals surface area contributed by atoms with Crippen LogP contribution in [-0.4, -0.2) is 0 Å². The first-order chi connectivity index (χ1) is 8.92. The molecule has 0 aliphatic rings. The topological polar surface area (TPSA) is 0 Å². The molecule has 2 aromatic carbocycles. The van der Waals surface area contributed by atoms with E-state index in [1.54, 1.807) is 0 Å². The maximum Gasteiger partial charge on any atom is -0.0151 e. The minimum atomic E-state index is 0.993. The number of unbranched alkanes of at least 4 members (excludes halogenated alkanes) is 2. The zero-order valence-corrected chi connectivity index (χ0v) is 10.7. The van der Waals surface area contributed by atoms with Crippen LogP contribution in [-0.2, 0) is 0 Å². The quantitative estimate of drug-likeness (QED) is 0.631. The van der Waals surface area contributed by atoms with Gasteiger partial charge in [0, 0.05) is 0 Å². The minimum absolute atomic E-state index is 0.993. The second-order valence-electron chi connectivity index (χ2n) is 4.35. The van der Waals surface area contributed by atoms with E-state index in [0.29, 0.717) is 0 Å². The summed E-state index contributed by atoms with van der Waals surface area (Å²) >= 11 is 0. The lowest BCUT2D eigenvalue weighted by Gasteiger charge is -2.08. The Morgan fingerprint density at radius 1 is 0.833 bits per heavy atom. The highest BCUT2D eigenvalue weighted by Gasteiger charge is 2.03. The van der Waals surface area contributed by atoms with Gasteiger partial charge in [-0.2, -0.15) is 0 Å². The first-order valence-corrected chi connectivity index (χ1v) is 6.52. The molecule has 0 aromatic heterocycles. The summed E-state index contributed by atoms with van der Waals surface area (Å²) in [7, 11) is 0. The summed E-state index contributed by atoms with van der Waals surface area (Å²) in [6, 6.07) is 21.2. The van der Waals surface area contributed by atoms with Gasteiger partial charge in [-0.15, -0.1) is 0 Å². The largest absolute Gasteiger partial charge is 0.0761 e. The molecule has 0 saturated heterocycles. The lowest BCUT2D eigenvalue weighted by Crippen LogP contribution is -1.87. The minimum Gasteiger partial charge on any atom is -0.0761 e. The van der Waals surface area contributed by atoms with Gasteiger partial charge >= 0.3 is 0 Å². The predicted octanol–water partition coefficient (Wildman–Crippen LogP) is 5.12. The first-order valence-electron chi connectivity index (χ1n) is 6.52. The molecule has 1 radical (unpaired) electrons. The molecule has 0 aliphatic carbocycles. The van der Waals surface area contributed by atoms with E-state index < -0.39 is 0 Å². The van der Waals surface area contributed by atoms with E-state index in [2.05, 4.69) is 73.7 Å². The second kappa shape index (κ2) is 6.80. The van der Waals surface area contributed by atoms with Gasteiger partial charge < -0.3 is 0 Å². The third-order valence-corrected chi connectivity index (χ3v) is 2.97. The van der Waals surface area contributed by atoms with Gasteiger partial charge in [0.25, 0.3) is 0 Å². The third kappa shape index (κ3) is 3.33. The van der Waals surface area contributed by atoms with E-state index >= 15 is 0 Å². The first kappa shape index (κ1) is 12.6. The van der Waals surface area contributed by atoms with Crippen molar-refractivity contribution in [2.45, 2.75) is 19.3 Å². The van der Waals surface area contributed by atoms with Crippen molar-refractivity contribution in [1.29, 1.82) is 0 Å². The molecule has 18 heavy (non-hydrogen) atoms. The van der Waals surface area contributed by atoms with Crippen molar-refractivity contribution in [3.63, 3.8) is 0 Å². The summed E-state index contributed by atoms with van der Waals surface area (Å²) < 4.78 is 0. The molecule has 0 aliphatic heterocycles. The SMILES string of the molecule is [CH2]CCCC=C(c1ccccc1)c1ccccc1. The highest BCUT2D eigenvalue weighted by molar-refractivity contribution is 5.79. The molecular formula is C18H19. The Morgan fingerprint density at radius 3 is 1.78 bits per heavy atom. The fourth-order valence-corrected chi connectivity index (χ4v) is 2.03. The Morgan fingerprint density at radius 2 is 1.33 bits per heavy atom.